The molecule has 1 aliphatic carbocycles. The fraction of sp³-hybridized carbons (Fsp3) is 0.524. The summed E-state index contributed by atoms with van der Waals surface area (Å²) in [6, 6.07) is 8.26. The van der Waals surface area contributed by atoms with E-state index >= 15 is 0 Å². The quantitative estimate of drug-likeness (QED) is 0.454. The van der Waals surface area contributed by atoms with Crippen molar-refractivity contribution in [2.45, 2.75) is 57.7 Å². The van der Waals surface area contributed by atoms with Crippen molar-refractivity contribution in [3.63, 3.8) is 0 Å². The van der Waals surface area contributed by atoms with Gasteiger partial charge in [0, 0.05) is 25.7 Å². The Morgan fingerprint density at radius 3 is 2.62 bits per heavy atom. The van der Waals surface area contributed by atoms with Crippen molar-refractivity contribution in [3.05, 3.63) is 54.1 Å². The zero-order valence-corrected chi connectivity index (χ0v) is 18.2. The van der Waals surface area contributed by atoms with Crippen molar-refractivity contribution in [3.8, 4) is 0 Å². The average Bonchev–Trinajstić information content (AvgIpc) is 3.23. The molecule has 1 fully saturated rings. The van der Waals surface area contributed by atoms with E-state index in [9.17, 15) is 18.7 Å². The van der Waals surface area contributed by atoms with Gasteiger partial charge < -0.3 is 26.8 Å². The van der Waals surface area contributed by atoms with Crippen molar-refractivity contribution in [2.75, 3.05) is 6.61 Å². The lowest BCUT2D eigenvalue weighted by Crippen LogP contribution is -3.00. The Labute approximate surface area is 180 Å². The van der Waals surface area contributed by atoms with Crippen molar-refractivity contribution in [1.29, 1.82) is 0 Å². The summed E-state index contributed by atoms with van der Waals surface area (Å²) in [6.07, 6.45) is 3.05. The van der Waals surface area contributed by atoms with Crippen LogP contribution in [0.4, 0.5) is 8.78 Å². The Morgan fingerprint density at radius 2 is 2.07 bits per heavy atom. The van der Waals surface area contributed by atoms with E-state index in [0.717, 1.165) is 12.4 Å². The summed E-state index contributed by atoms with van der Waals surface area (Å²) in [4.78, 5) is 12.9. The number of halogens is 3. The highest BCUT2D eigenvalue weighted by Crippen LogP contribution is 2.47. The maximum absolute atomic E-state index is 13.8. The molecule has 0 radical (unpaired) electrons. The minimum atomic E-state index is -2.87. The lowest BCUT2D eigenvalue weighted by atomic mass is 9.80. The minimum Gasteiger partial charge on any atom is -1.00 e. The SMILES string of the molecule is CC[n+]1ccn(CCOC(=O)[C@](O)(c2ccccc2)[C@@H]2CCC(F)(F)C2)c1C.[Br-]. The van der Waals surface area contributed by atoms with Crippen LogP contribution in [0.3, 0.4) is 0 Å². The maximum Gasteiger partial charge on any atom is 0.343 e. The molecule has 0 amide bonds. The second-order valence-corrected chi connectivity index (χ2v) is 7.39. The first-order chi connectivity index (χ1) is 13.3. The minimum absolute atomic E-state index is 0. The number of esters is 1. The van der Waals surface area contributed by atoms with Crippen molar-refractivity contribution in [1.82, 2.24) is 4.57 Å². The molecule has 1 aromatic heterocycles. The lowest BCUT2D eigenvalue weighted by molar-refractivity contribution is -0.699. The number of benzene rings is 1. The van der Waals surface area contributed by atoms with Gasteiger partial charge in [0.05, 0.1) is 6.54 Å². The molecule has 1 aliphatic rings. The van der Waals surface area contributed by atoms with E-state index in [0.29, 0.717) is 12.1 Å². The van der Waals surface area contributed by atoms with Crippen molar-refractivity contribution < 1.29 is 45.0 Å². The number of nitrogens with zero attached hydrogens (tertiary/aromatic N) is 2. The smallest absolute Gasteiger partial charge is 0.343 e. The second kappa shape index (κ2) is 9.34. The number of aromatic nitrogens is 2. The highest BCUT2D eigenvalue weighted by atomic mass is 79.9. The summed E-state index contributed by atoms with van der Waals surface area (Å²) in [5, 5.41) is 11.3. The molecule has 2 aromatic rings. The number of ether oxygens (including phenoxy) is 1. The van der Waals surface area contributed by atoms with Gasteiger partial charge in [0.2, 0.25) is 5.92 Å². The molecular weight excluding hydrogens is 446 g/mol. The monoisotopic (exact) mass is 472 g/mol. The fourth-order valence-electron chi connectivity index (χ4n) is 3.98. The summed E-state index contributed by atoms with van der Waals surface area (Å²) in [7, 11) is 0. The Balaban J connectivity index is 0.00000300. The van der Waals surface area contributed by atoms with Crippen LogP contribution in [0.15, 0.2) is 42.7 Å². The van der Waals surface area contributed by atoms with E-state index in [1.807, 2.05) is 30.8 Å². The van der Waals surface area contributed by atoms with Crippen LogP contribution in [-0.2, 0) is 28.2 Å². The van der Waals surface area contributed by atoms with Crippen molar-refractivity contribution in [2.24, 2.45) is 5.92 Å². The number of rotatable bonds is 7. The third kappa shape index (κ3) is 4.86. The molecule has 3 rings (SSSR count). The fourth-order valence-corrected chi connectivity index (χ4v) is 3.98. The Kier molecular flexibility index (Phi) is 7.56. The van der Waals surface area contributed by atoms with Gasteiger partial charge in [-0.15, -0.1) is 0 Å². The molecule has 0 aliphatic heterocycles. The number of carbonyl (C=O) groups excluding carboxylic acids is 1. The zero-order chi connectivity index (χ0) is 20.4. The van der Waals surface area contributed by atoms with Gasteiger partial charge in [-0.3, -0.25) is 0 Å². The molecule has 1 heterocycles. The highest BCUT2D eigenvalue weighted by molar-refractivity contribution is 5.81. The van der Waals surface area contributed by atoms with Gasteiger partial charge in [-0.1, -0.05) is 30.3 Å². The van der Waals surface area contributed by atoms with Gasteiger partial charge in [0.1, 0.15) is 25.5 Å². The summed E-state index contributed by atoms with van der Waals surface area (Å²) in [6.45, 7) is 5.32. The van der Waals surface area contributed by atoms with Gasteiger partial charge in [-0.05, 0) is 18.9 Å². The van der Waals surface area contributed by atoms with E-state index in [-0.39, 0.29) is 36.4 Å². The van der Waals surface area contributed by atoms with E-state index in [1.54, 1.807) is 30.3 Å². The average molecular weight is 473 g/mol. The number of aliphatic hydroxyl groups is 1. The maximum atomic E-state index is 13.8. The van der Waals surface area contributed by atoms with Crippen LogP contribution in [0.2, 0.25) is 0 Å². The van der Waals surface area contributed by atoms with Crippen molar-refractivity contribution >= 4 is 5.97 Å². The Hall–Kier alpha value is -1.80. The molecule has 1 N–H and O–H groups in total. The van der Waals surface area contributed by atoms with Gasteiger partial charge in [-0.2, -0.15) is 0 Å². The van der Waals surface area contributed by atoms with E-state index < -0.39 is 29.8 Å². The van der Waals surface area contributed by atoms with E-state index in [4.69, 9.17) is 4.74 Å². The molecule has 1 saturated carbocycles. The van der Waals surface area contributed by atoms with Gasteiger partial charge in [0.15, 0.2) is 5.60 Å². The van der Waals surface area contributed by atoms with Gasteiger partial charge in [-0.25, -0.2) is 22.7 Å². The summed E-state index contributed by atoms with van der Waals surface area (Å²) in [5.41, 5.74) is -1.78. The largest absolute Gasteiger partial charge is 1.00 e. The third-order valence-electron chi connectivity index (χ3n) is 5.68. The third-order valence-corrected chi connectivity index (χ3v) is 5.68. The second-order valence-electron chi connectivity index (χ2n) is 7.39. The number of hydrogen-bond acceptors (Lipinski definition) is 3. The van der Waals surface area contributed by atoms with Crippen LogP contribution >= 0.6 is 0 Å². The molecular formula is C21H27BrF2N2O3. The molecule has 8 heteroatoms. The van der Waals surface area contributed by atoms with Crippen LogP contribution in [0.25, 0.3) is 0 Å². The standard InChI is InChI=1S/C21H27F2N2O3.BrH/c1-3-24-11-12-25(16(24)2)13-14-28-19(26)21(27,17-7-5-4-6-8-17)18-9-10-20(22,23)15-18;/h4-8,11-12,18,27H,3,9-10,13-15H2,1-2H3;1H/q+1;/p-1/t18-,21+;/m1./s1. The molecule has 1 aromatic carbocycles. The van der Waals surface area contributed by atoms with Crippen LogP contribution < -0.4 is 21.5 Å². The predicted octanol–water partition coefficient (Wildman–Crippen LogP) is -0.0257. The molecule has 29 heavy (non-hydrogen) atoms. The summed E-state index contributed by atoms with van der Waals surface area (Å²) >= 11 is 0. The first-order valence-electron chi connectivity index (χ1n) is 9.66. The normalized spacial score (nSPS) is 20.0. The van der Waals surface area contributed by atoms with Gasteiger partial charge >= 0.3 is 5.97 Å². The first kappa shape index (κ1) is 23.5. The van der Waals surface area contributed by atoms with Crippen LogP contribution in [0.5, 0.6) is 0 Å². The number of aryl methyl sites for hydroxylation is 1. The summed E-state index contributed by atoms with van der Waals surface area (Å²) in [5.74, 6) is -3.60. The summed E-state index contributed by atoms with van der Waals surface area (Å²) < 4.78 is 37.0. The predicted molar refractivity (Wildman–Crippen MR) is 98.6 cm³/mol. The topological polar surface area (TPSA) is 55.3 Å². The van der Waals surface area contributed by atoms with Crippen LogP contribution in [-0.4, -0.2) is 28.2 Å². The molecule has 0 saturated heterocycles. The Bertz CT molecular complexity index is 829. The molecule has 0 spiro atoms. The van der Waals surface area contributed by atoms with Crippen LogP contribution in [0, 0.1) is 12.8 Å². The highest BCUT2D eigenvalue weighted by Gasteiger charge is 2.54. The molecule has 160 valence electrons. The van der Waals surface area contributed by atoms with E-state index in [1.165, 1.54) is 0 Å². The molecule has 2 atom stereocenters. The molecule has 0 bridgehead atoms. The number of hydrogen-bond donors (Lipinski definition) is 1. The van der Waals surface area contributed by atoms with Crippen LogP contribution in [0.1, 0.15) is 37.6 Å². The molecule has 5 nitrogen and oxygen atoms in total. The number of carbonyl (C=O) groups is 1. The number of alkyl halides is 2. The van der Waals surface area contributed by atoms with E-state index in [2.05, 4.69) is 4.57 Å². The lowest BCUT2D eigenvalue weighted by Gasteiger charge is -2.32. The molecule has 0 unspecified atom stereocenters. The van der Waals surface area contributed by atoms with Gasteiger partial charge in [0.25, 0.3) is 5.82 Å². The Morgan fingerprint density at radius 1 is 1.38 bits per heavy atom. The first-order valence-corrected chi connectivity index (χ1v) is 9.66. The number of imidazole rings is 1. The zero-order valence-electron chi connectivity index (χ0n) is 16.7.